The van der Waals surface area contributed by atoms with E-state index < -0.39 is 0 Å². The predicted octanol–water partition coefficient (Wildman–Crippen LogP) is 6.32. The molecule has 1 aromatic heterocycles. The third-order valence-electron chi connectivity index (χ3n) is 5.29. The van der Waals surface area contributed by atoms with Crippen molar-refractivity contribution in [1.82, 2.24) is 15.0 Å². The lowest BCUT2D eigenvalue weighted by molar-refractivity contribution is 0.854. The third-order valence-corrected chi connectivity index (χ3v) is 5.66. The highest BCUT2D eigenvalue weighted by Crippen LogP contribution is 2.22. The van der Waals surface area contributed by atoms with E-state index in [4.69, 9.17) is 26.6 Å². The third kappa shape index (κ3) is 5.28. The van der Waals surface area contributed by atoms with Crippen LogP contribution in [0.25, 0.3) is 0 Å². The van der Waals surface area contributed by atoms with Crippen LogP contribution in [0.15, 0.2) is 72.8 Å². The smallest absolute Gasteiger partial charge is 0.230 e. The summed E-state index contributed by atoms with van der Waals surface area (Å²) in [6.45, 7) is 4.25. The van der Waals surface area contributed by atoms with Gasteiger partial charge in [-0.1, -0.05) is 79.2 Å². The number of hydrogen-bond donors (Lipinski definition) is 1. The summed E-state index contributed by atoms with van der Waals surface area (Å²) in [7, 11) is 0. The van der Waals surface area contributed by atoms with Crippen LogP contribution in [0, 0.1) is 6.92 Å². The standard InChI is InChI=1S/C26H25ClN4/c1-3-19-11-7-9-15-23(19)28-26-30-24(16-20-12-5-4-10-18(20)2)29-25(31-26)17-21-13-6-8-14-22(21)27/h4-15H,3,16-17H2,1-2H3,(H,28,29,30,31). The Kier molecular flexibility index (Phi) is 6.58. The monoisotopic (exact) mass is 428 g/mol. The second-order valence-electron chi connectivity index (χ2n) is 7.50. The number of nitrogens with zero attached hydrogens (tertiary/aromatic N) is 3. The Balaban J connectivity index is 1.71. The first-order valence-corrected chi connectivity index (χ1v) is 10.9. The van der Waals surface area contributed by atoms with Gasteiger partial charge >= 0.3 is 0 Å². The first-order valence-electron chi connectivity index (χ1n) is 10.5. The average Bonchev–Trinajstić information content (AvgIpc) is 2.77. The van der Waals surface area contributed by atoms with Crippen molar-refractivity contribution in [3.63, 3.8) is 0 Å². The summed E-state index contributed by atoms with van der Waals surface area (Å²) < 4.78 is 0. The van der Waals surface area contributed by atoms with Crippen molar-refractivity contribution in [2.45, 2.75) is 33.1 Å². The molecular formula is C26H25ClN4. The fourth-order valence-corrected chi connectivity index (χ4v) is 3.75. The van der Waals surface area contributed by atoms with Crippen molar-refractivity contribution in [3.8, 4) is 0 Å². The number of nitrogens with one attached hydrogen (secondary N) is 1. The maximum atomic E-state index is 6.39. The van der Waals surface area contributed by atoms with Crippen molar-refractivity contribution < 1.29 is 0 Å². The van der Waals surface area contributed by atoms with Crippen LogP contribution < -0.4 is 5.32 Å². The summed E-state index contributed by atoms with van der Waals surface area (Å²) in [6, 6.07) is 24.4. The number of para-hydroxylation sites is 1. The van der Waals surface area contributed by atoms with E-state index >= 15 is 0 Å². The van der Waals surface area contributed by atoms with Crippen LogP contribution in [-0.4, -0.2) is 15.0 Å². The summed E-state index contributed by atoms with van der Waals surface area (Å²) in [5.41, 5.74) is 5.66. The molecule has 3 aromatic carbocycles. The van der Waals surface area contributed by atoms with Gasteiger partial charge in [-0.15, -0.1) is 0 Å². The van der Waals surface area contributed by atoms with Gasteiger partial charge in [-0.3, -0.25) is 0 Å². The number of halogens is 1. The topological polar surface area (TPSA) is 50.7 Å². The molecule has 0 fully saturated rings. The van der Waals surface area contributed by atoms with E-state index in [-0.39, 0.29) is 0 Å². The minimum atomic E-state index is 0.549. The summed E-state index contributed by atoms with van der Waals surface area (Å²) >= 11 is 6.39. The van der Waals surface area contributed by atoms with Crippen LogP contribution in [0.3, 0.4) is 0 Å². The lowest BCUT2D eigenvalue weighted by Crippen LogP contribution is -2.10. The van der Waals surface area contributed by atoms with Crippen molar-refractivity contribution in [2.75, 3.05) is 5.32 Å². The largest absolute Gasteiger partial charge is 0.324 e. The molecule has 0 aliphatic carbocycles. The summed E-state index contributed by atoms with van der Waals surface area (Å²) in [5.74, 6) is 1.99. The maximum Gasteiger partial charge on any atom is 0.230 e. The highest BCUT2D eigenvalue weighted by atomic mass is 35.5. The van der Waals surface area contributed by atoms with E-state index in [0.717, 1.165) is 23.5 Å². The number of benzene rings is 3. The fourth-order valence-electron chi connectivity index (χ4n) is 3.54. The predicted molar refractivity (Wildman–Crippen MR) is 127 cm³/mol. The average molecular weight is 429 g/mol. The normalized spacial score (nSPS) is 10.8. The summed E-state index contributed by atoms with van der Waals surface area (Å²) in [6.07, 6.45) is 2.12. The molecule has 5 heteroatoms. The minimum absolute atomic E-state index is 0.549. The molecule has 31 heavy (non-hydrogen) atoms. The van der Waals surface area contributed by atoms with Crippen molar-refractivity contribution >= 4 is 23.2 Å². The Morgan fingerprint density at radius 3 is 1.97 bits per heavy atom. The van der Waals surface area contributed by atoms with Crippen LogP contribution in [0.5, 0.6) is 0 Å². The minimum Gasteiger partial charge on any atom is -0.324 e. The van der Waals surface area contributed by atoms with E-state index in [2.05, 4.69) is 43.4 Å². The highest BCUT2D eigenvalue weighted by Gasteiger charge is 2.12. The van der Waals surface area contributed by atoms with Gasteiger partial charge in [0.2, 0.25) is 5.95 Å². The second kappa shape index (κ2) is 9.71. The lowest BCUT2D eigenvalue weighted by Gasteiger charge is -2.13. The van der Waals surface area contributed by atoms with Gasteiger partial charge in [0, 0.05) is 23.6 Å². The molecule has 4 rings (SSSR count). The molecule has 1 N–H and O–H groups in total. The van der Waals surface area contributed by atoms with Crippen LogP contribution in [0.1, 0.15) is 40.8 Å². The van der Waals surface area contributed by atoms with Crippen molar-refractivity contribution in [2.24, 2.45) is 0 Å². The van der Waals surface area contributed by atoms with Crippen LogP contribution in [0.2, 0.25) is 5.02 Å². The van der Waals surface area contributed by atoms with Gasteiger partial charge in [-0.2, -0.15) is 9.97 Å². The Morgan fingerprint density at radius 1 is 0.710 bits per heavy atom. The van der Waals surface area contributed by atoms with E-state index in [9.17, 15) is 0 Å². The molecule has 1 heterocycles. The second-order valence-corrected chi connectivity index (χ2v) is 7.91. The molecule has 0 saturated carbocycles. The van der Waals surface area contributed by atoms with Crippen molar-refractivity contribution in [3.05, 3.63) is 112 Å². The number of aryl methyl sites for hydroxylation is 2. The van der Waals surface area contributed by atoms with Gasteiger partial charge < -0.3 is 5.32 Å². The zero-order valence-corrected chi connectivity index (χ0v) is 18.5. The molecule has 0 aliphatic heterocycles. The van der Waals surface area contributed by atoms with Crippen LogP contribution >= 0.6 is 11.6 Å². The van der Waals surface area contributed by atoms with Gasteiger partial charge in [-0.05, 0) is 47.7 Å². The van der Waals surface area contributed by atoms with Gasteiger partial charge in [-0.25, -0.2) is 4.98 Å². The first kappa shape index (κ1) is 21.0. The van der Waals surface area contributed by atoms with Crippen LogP contribution in [-0.2, 0) is 19.3 Å². The molecule has 4 aromatic rings. The quantitative estimate of drug-likeness (QED) is 0.374. The summed E-state index contributed by atoms with van der Waals surface area (Å²) in [4.78, 5) is 14.2. The number of rotatable bonds is 7. The Labute approximate surface area is 188 Å². The lowest BCUT2D eigenvalue weighted by atomic mass is 10.1. The molecular weight excluding hydrogens is 404 g/mol. The Bertz CT molecular complexity index is 1120. The molecule has 0 amide bonds. The van der Waals surface area contributed by atoms with E-state index in [1.807, 2.05) is 48.5 Å². The zero-order valence-electron chi connectivity index (χ0n) is 17.8. The Morgan fingerprint density at radius 2 is 1.29 bits per heavy atom. The number of aromatic nitrogens is 3. The van der Waals surface area contributed by atoms with Gasteiger partial charge in [0.25, 0.3) is 0 Å². The molecule has 0 saturated heterocycles. The summed E-state index contributed by atoms with van der Waals surface area (Å²) in [5, 5.41) is 4.13. The molecule has 0 unspecified atom stereocenters. The molecule has 156 valence electrons. The SMILES string of the molecule is CCc1ccccc1Nc1nc(Cc2ccccc2C)nc(Cc2ccccc2Cl)n1. The van der Waals surface area contributed by atoms with Gasteiger partial charge in [0.05, 0.1) is 0 Å². The van der Waals surface area contributed by atoms with E-state index in [1.165, 1.54) is 16.7 Å². The first-order chi connectivity index (χ1) is 15.1. The number of anilines is 2. The van der Waals surface area contributed by atoms with Gasteiger partial charge in [0.15, 0.2) is 0 Å². The molecule has 0 bridgehead atoms. The molecule has 0 radical (unpaired) electrons. The maximum absolute atomic E-state index is 6.39. The molecule has 0 atom stereocenters. The van der Waals surface area contributed by atoms with Crippen molar-refractivity contribution in [1.29, 1.82) is 0 Å². The highest BCUT2D eigenvalue weighted by molar-refractivity contribution is 6.31. The number of hydrogen-bond acceptors (Lipinski definition) is 4. The van der Waals surface area contributed by atoms with Crippen LogP contribution in [0.4, 0.5) is 11.6 Å². The molecule has 0 aliphatic rings. The Hall–Kier alpha value is -3.24. The van der Waals surface area contributed by atoms with E-state index in [0.29, 0.717) is 29.6 Å². The van der Waals surface area contributed by atoms with Gasteiger partial charge in [0.1, 0.15) is 11.6 Å². The molecule has 4 nitrogen and oxygen atoms in total. The zero-order chi connectivity index (χ0) is 21.6. The van der Waals surface area contributed by atoms with E-state index in [1.54, 1.807) is 0 Å². The fraction of sp³-hybridized carbons (Fsp3) is 0.192. The molecule has 0 spiro atoms.